The Balaban J connectivity index is 2.35. The van der Waals surface area contributed by atoms with Gasteiger partial charge in [-0.2, -0.15) is 0 Å². The van der Waals surface area contributed by atoms with Gasteiger partial charge in [0, 0.05) is 31.1 Å². The molecule has 0 aromatic carbocycles. The van der Waals surface area contributed by atoms with Crippen LogP contribution in [0.15, 0.2) is 0 Å². The van der Waals surface area contributed by atoms with Gasteiger partial charge < -0.3 is 15.5 Å². The zero-order chi connectivity index (χ0) is 14.5. The van der Waals surface area contributed by atoms with Crippen molar-refractivity contribution in [2.24, 2.45) is 5.73 Å². The van der Waals surface area contributed by atoms with E-state index in [1.54, 1.807) is 0 Å². The summed E-state index contributed by atoms with van der Waals surface area (Å²) in [5.41, 5.74) is 5.69. The summed E-state index contributed by atoms with van der Waals surface area (Å²) in [5, 5.41) is 0. The molecule has 1 saturated heterocycles. The highest BCUT2D eigenvalue weighted by Gasteiger charge is 2.26. The van der Waals surface area contributed by atoms with Gasteiger partial charge in [-0.05, 0) is 46.2 Å². The van der Waals surface area contributed by atoms with E-state index in [0.29, 0.717) is 12.5 Å². The molecule has 0 aromatic heterocycles. The van der Waals surface area contributed by atoms with E-state index < -0.39 is 0 Å². The van der Waals surface area contributed by atoms with E-state index in [2.05, 4.69) is 18.7 Å². The maximum Gasteiger partial charge on any atom is 0.222 e. The monoisotopic (exact) mass is 269 g/mol. The maximum atomic E-state index is 12.1. The minimum atomic E-state index is -0.241. The summed E-state index contributed by atoms with van der Waals surface area (Å²) in [5.74, 6) is 0.275. The van der Waals surface area contributed by atoms with Crippen LogP contribution in [-0.4, -0.2) is 53.5 Å². The summed E-state index contributed by atoms with van der Waals surface area (Å²) in [4.78, 5) is 16.6. The fraction of sp³-hybridized carbons (Fsp3) is 0.933. The number of carbonyl (C=O) groups is 1. The van der Waals surface area contributed by atoms with Crippen LogP contribution in [0, 0.1) is 0 Å². The van der Waals surface area contributed by atoms with Crippen LogP contribution in [0.25, 0.3) is 0 Å². The van der Waals surface area contributed by atoms with E-state index in [9.17, 15) is 4.79 Å². The van der Waals surface area contributed by atoms with Crippen LogP contribution in [0.5, 0.6) is 0 Å². The molecule has 1 fully saturated rings. The van der Waals surface area contributed by atoms with Gasteiger partial charge in [0.15, 0.2) is 0 Å². The Kier molecular flexibility index (Phi) is 6.27. The van der Waals surface area contributed by atoms with Gasteiger partial charge in [-0.1, -0.05) is 13.8 Å². The Morgan fingerprint density at radius 2 is 1.79 bits per heavy atom. The van der Waals surface area contributed by atoms with Gasteiger partial charge in [0.25, 0.3) is 0 Å². The Bertz CT molecular complexity index is 274. The first-order chi connectivity index (χ1) is 8.87. The molecule has 0 saturated carbocycles. The van der Waals surface area contributed by atoms with Gasteiger partial charge in [0.1, 0.15) is 0 Å². The van der Waals surface area contributed by atoms with E-state index >= 15 is 0 Å². The molecule has 4 nitrogen and oxygen atoms in total. The summed E-state index contributed by atoms with van der Waals surface area (Å²) >= 11 is 0. The Morgan fingerprint density at radius 1 is 1.26 bits per heavy atom. The molecule has 19 heavy (non-hydrogen) atoms. The van der Waals surface area contributed by atoms with Gasteiger partial charge in [-0.3, -0.25) is 4.79 Å². The number of carbonyl (C=O) groups excluding carboxylic acids is 1. The average Bonchev–Trinajstić information content (AvgIpc) is 2.37. The average molecular weight is 269 g/mol. The fourth-order valence-electron chi connectivity index (χ4n) is 2.81. The van der Waals surface area contributed by atoms with Gasteiger partial charge >= 0.3 is 0 Å². The lowest BCUT2D eigenvalue weighted by atomic mass is 9.98. The van der Waals surface area contributed by atoms with Crippen molar-refractivity contribution in [2.75, 3.05) is 26.2 Å². The predicted molar refractivity (Wildman–Crippen MR) is 80.0 cm³/mol. The van der Waals surface area contributed by atoms with Gasteiger partial charge in [-0.15, -0.1) is 0 Å². The lowest BCUT2D eigenvalue weighted by Gasteiger charge is -2.38. The second-order valence-electron chi connectivity index (χ2n) is 6.32. The molecule has 0 aromatic rings. The van der Waals surface area contributed by atoms with Crippen LogP contribution in [0.3, 0.4) is 0 Å². The normalized spacial score (nSPS) is 18.1. The number of nitrogens with two attached hydrogens (primary N) is 1. The maximum absolute atomic E-state index is 12.1. The van der Waals surface area contributed by atoms with Crippen LogP contribution in [-0.2, 0) is 4.79 Å². The Labute approximate surface area is 118 Å². The van der Waals surface area contributed by atoms with Crippen molar-refractivity contribution in [3.8, 4) is 0 Å². The molecule has 1 aliphatic heterocycles. The third-order valence-electron chi connectivity index (χ3n) is 4.13. The van der Waals surface area contributed by atoms with Gasteiger partial charge in [0.2, 0.25) is 5.91 Å². The highest BCUT2D eigenvalue weighted by atomic mass is 16.2. The molecular weight excluding hydrogens is 238 g/mol. The molecule has 112 valence electrons. The predicted octanol–water partition coefficient (Wildman–Crippen LogP) is 1.84. The first-order valence-corrected chi connectivity index (χ1v) is 7.68. The van der Waals surface area contributed by atoms with Crippen molar-refractivity contribution < 1.29 is 4.79 Å². The van der Waals surface area contributed by atoms with E-state index in [-0.39, 0.29) is 11.4 Å². The molecule has 1 amide bonds. The van der Waals surface area contributed by atoms with E-state index in [1.165, 1.54) is 0 Å². The molecule has 0 spiro atoms. The van der Waals surface area contributed by atoms with Crippen molar-refractivity contribution in [2.45, 2.75) is 65.0 Å². The Morgan fingerprint density at radius 3 is 2.21 bits per heavy atom. The molecule has 1 heterocycles. The summed E-state index contributed by atoms with van der Waals surface area (Å²) in [6.45, 7) is 12.4. The number of amides is 1. The summed E-state index contributed by atoms with van der Waals surface area (Å²) in [7, 11) is 0. The quantitative estimate of drug-likeness (QED) is 0.800. The number of piperidine rings is 1. The number of hydrogen-bond acceptors (Lipinski definition) is 3. The van der Waals surface area contributed by atoms with Crippen molar-refractivity contribution >= 4 is 5.91 Å². The molecule has 0 atom stereocenters. The third kappa shape index (κ3) is 5.49. The van der Waals surface area contributed by atoms with Gasteiger partial charge in [-0.25, -0.2) is 0 Å². The highest BCUT2D eigenvalue weighted by molar-refractivity contribution is 5.76. The first-order valence-electron chi connectivity index (χ1n) is 7.68. The van der Waals surface area contributed by atoms with E-state index in [1.807, 2.05) is 18.7 Å². The SMILES string of the molecule is CCN(CC)C1CCN(C(=O)CCC(C)(C)N)CC1. The first kappa shape index (κ1) is 16.4. The van der Waals surface area contributed by atoms with Gasteiger partial charge in [0.05, 0.1) is 0 Å². The van der Waals surface area contributed by atoms with Crippen molar-refractivity contribution in [3.63, 3.8) is 0 Å². The molecule has 1 aliphatic rings. The second-order valence-corrected chi connectivity index (χ2v) is 6.32. The zero-order valence-corrected chi connectivity index (χ0v) is 13.1. The molecule has 0 aliphatic carbocycles. The van der Waals surface area contributed by atoms with Crippen molar-refractivity contribution in [1.29, 1.82) is 0 Å². The lowest BCUT2D eigenvalue weighted by Crippen LogP contribution is -2.47. The van der Waals surface area contributed by atoms with E-state index in [4.69, 9.17) is 5.73 Å². The smallest absolute Gasteiger partial charge is 0.222 e. The molecule has 4 heteroatoms. The highest BCUT2D eigenvalue weighted by Crippen LogP contribution is 2.18. The standard InChI is InChI=1S/C15H31N3O/c1-5-17(6-2)13-8-11-18(12-9-13)14(19)7-10-15(3,4)16/h13H,5-12,16H2,1-4H3. The minimum absolute atomic E-state index is 0.241. The van der Waals surface area contributed by atoms with Crippen molar-refractivity contribution in [1.82, 2.24) is 9.80 Å². The van der Waals surface area contributed by atoms with Crippen LogP contribution in [0.1, 0.15) is 53.4 Å². The summed E-state index contributed by atoms with van der Waals surface area (Å²) < 4.78 is 0. The topological polar surface area (TPSA) is 49.6 Å². The third-order valence-corrected chi connectivity index (χ3v) is 4.13. The number of rotatable bonds is 6. The molecule has 1 rings (SSSR count). The summed E-state index contributed by atoms with van der Waals surface area (Å²) in [6.07, 6.45) is 3.57. The Hall–Kier alpha value is -0.610. The van der Waals surface area contributed by atoms with Crippen molar-refractivity contribution in [3.05, 3.63) is 0 Å². The van der Waals surface area contributed by atoms with Crippen LogP contribution in [0.2, 0.25) is 0 Å². The molecule has 0 bridgehead atoms. The van der Waals surface area contributed by atoms with Crippen LogP contribution in [0.4, 0.5) is 0 Å². The largest absolute Gasteiger partial charge is 0.343 e. The lowest BCUT2D eigenvalue weighted by molar-refractivity contribution is -0.133. The molecular formula is C15H31N3O. The van der Waals surface area contributed by atoms with Crippen LogP contribution >= 0.6 is 0 Å². The zero-order valence-electron chi connectivity index (χ0n) is 13.1. The number of nitrogens with zero attached hydrogens (tertiary/aromatic N) is 2. The molecule has 0 unspecified atom stereocenters. The number of hydrogen-bond donors (Lipinski definition) is 1. The summed E-state index contributed by atoms with van der Waals surface area (Å²) in [6, 6.07) is 0.657. The minimum Gasteiger partial charge on any atom is -0.343 e. The number of likely N-dealkylation sites (tertiary alicyclic amines) is 1. The molecule has 0 radical (unpaired) electrons. The van der Waals surface area contributed by atoms with Crippen LogP contribution < -0.4 is 5.73 Å². The second kappa shape index (κ2) is 7.25. The van der Waals surface area contributed by atoms with E-state index in [0.717, 1.165) is 45.4 Å². The molecule has 2 N–H and O–H groups in total. The fourth-order valence-corrected chi connectivity index (χ4v) is 2.81.